The van der Waals surface area contributed by atoms with Crippen LogP contribution in [0.1, 0.15) is 28.8 Å². The molecule has 1 N–H and O–H groups in total. The third-order valence-corrected chi connectivity index (χ3v) is 4.54. The number of ketones is 2. The molecule has 126 valence electrons. The fourth-order valence-electron chi connectivity index (χ4n) is 2.65. The number of aliphatic imine (C=N–C) groups is 1. The summed E-state index contributed by atoms with van der Waals surface area (Å²) in [5.41, 5.74) is 2.61. The Morgan fingerprint density at radius 2 is 1.68 bits per heavy atom. The van der Waals surface area contributed by atoms with Crippen molar-refractivity contribution in [2.24, 2.45) is 4.99 Å². The molecule has 3 rings (SSSR count). The van der Waals surface area contributed by atoms with Crippen LogP contribution in [0.25, 0.3) is 0 Å². The van der Waals surface area contributed by atoms with Crippen molar-refractivity contribution in [1.29, 1.82) is 0 Å². The maximum Gasteiger partial charge on any atom is 0.228 e. The number of hydrogen-bond acceptors (Lipinski definition) is 4. The van der Waals surface area contributed by atoms with Crippen LogP contribution in [0.2, 0.25) is 0 Å². The number of hydrogen-bond donors (Lipinski definition) is 1. The van der Waals surface area contributed by atoms with Gasteiger partial charge in [0.2, 0.25) is 5.78 Å². The lowest BCUT2D eigenvalue weighted by atomic mass is 10.0. The van der Waals surface area contributed by atoms with Crippen molar-refractivity contribution in [3.63, 3.8) is 0 Å². The number of aliphatic hydroxyl groups excluding tert-OH is 1. The van der Waals surface area contributed by atoms with Gasteiger partial charge in [-0.15, -0.1) is 0 Å². The number of aryl methyl sites for hydroxylation is 1. The number of rotatable bonds is 3. The maximum absolute atomic E-state index is 12.5. The molecule has 0 radical (unpaired) electrons. The molecule has 1 aliphatic rings. The number of nitrogens with zero attached hydrogens (tertiary/aromatic N) is 1. The van der Waals surface area contributed by atoms with E-state index in [4.69, 9.17) is 0 Å². The minimum Gasteiger partial charge on any atom is -0.504 e. The van der Waals surface area contributed by atoms with E-state index >= 15 is 0 Å². The van der Waals surface area contributed by atoms with Crippen molar-refractivity contribution in [1.82, 2.24) is 0 Å². The molecule has 0 spiro atoms. The zero-order valence-corrected chi connectivity index (χ0v) is 15.2. The summed E-state index contributed by atoms with van der Waals surface area (Å²) >= 11 is 3.30. The first-order valence-corrected chi connectivity index (χ1v) is 8.66. The highest BCUT2D eigenvalue weighted by molar-refractivity contribution is 9.10. The van der Waals surface area contributed by atoms with Crippen molar-refractivity contribution < 1.29 is 14.7 Å². The second-order valence-electron chi connectivity index (χ2n) is 5.88. The summed E-state index contributed by atoms with van der Waals surface area (Å²) in [6.07, 6.45) is 0.664. The van der Waals surface area contributed by atoms with Crippen LogP contribution >= 0.6 is 15.9 Å². The number of carbonyl (C=O) groups excluding carboxylic acids is 2. The smallest absolute Gasteiger partial charge is 0.228 e. The molecule has 1 fully saturated rings. The minimum absolute atomic E-state index is 0.0356. The zero-order chi connectivity index (χ0) is 18.0. The summed E-state index contributed by atoms with van der Waals surface area (Å²) in [5.74, 6) is -1.36. The van der Waals surface area contributed by atoms with Gasteiger partial charge in [-0.25, -0.2) is 0 Å². The lowest BCUT2D eigenvalue weighted by Gasteiger charge is -2.05. The summed E-state index contributed by atoms with van der Waals surface area (Å²) in [6.45, 7) is 1.98. The van der Waals surface area contributed by atoms with E-state index < -0.39 is 11.5 Å². The van der Waals surface area contributed by atoms with Gasteiger partial charge >= 0.3 is 0 Å². The predicted octanol–water partition coefficient (Wildman–Crippen LogP) is 4.89. The minimum atomic E-state index is -0.575. The Morgan fingerprint density at radius 1 is 1.04 bits per heavy atom. The lowest BCUT2D eigenvalue weighted by Crippen LogP contribution is -2.12. The summed E-state index contributed by atoms with van der Waals surface area (Å²) in [6, 6.07) is 14.1. The average Bonchev–Trinajstić information content (AvgIpc) is 2.96. The van der Waals surface area contributed by atoms with E-state index in [1.807, 2.05) is 31.2 Å². The lowest BCUT2D eigenvalue weighted by molar-refractivity contribution is -0.114. The summed E-state index contributed by atoms with van der Waals surface area (Å²) in [4.78, 5) is 29.2. The van der Waals surface area contributed by atoms with E-state index in [1.165, 1.54) is 0 Å². The number of allylic oxidation sites excluding steroid dienone is 2. The van der Waals surface area contributed by atoms with Crippen LogP contribution in [0.15, 0.2) is 69.3 Å². The molecule has 0 amide bonds. The van der Waals surface area contributed by atoms with E-state index in [0.29, 0.717) is 23.4 Å². The molecule has 1 aliphatic carbocycles. The van der Waals surface area contributed by atoms with Crippen LogP contribution in [-0.2, 0) is 4.79 Å². The number of Topliss-reactive ketones (excluding diaryl/α,β-unsaturated/α-hetero) is 2. The van der Waals surface area contributed by atoms with Crippen molar-refractivity contribution in [2.75, 3.05) is 0 Å². The van der Waals surface area contributed by atoms with Crippen LogP contribution in [0.5, 0.6) is 0 Å². The first-order chi connectivity index (χ1) is 12.0. The van der Waals surface area contributed by atoms with Crippen molar-refractivity contribution in [2.45, 2.75) is 19.8 Å². The maximum atomic E-state index is 12.5. The fraction of sp³-hybridized carbons (Fsp3) is 0.150. The first-order valence-electron chi connectivity index (χ1n) is 7.87. The Morgan fingerprint density at radius 3 is 2.32 bits per heavy atom. The standard InChI is InChI=1S/C20H16BrNO3/c1-12-2-8-15(9-3-12)22-16-10-11-17(23)18(16)20(25)19(24)13-4-6-14(21)7-5-13/h2-9,25H,10-11H2,1H3/b20-18+,22-16?. The molecule has 0 heterocycles. The Labute approximate surface area is 154 Å². The van der Waals surface area contributed by atoms with Crippen molar-refractivity contribution >= 4 is 38.9 Å². The molecular formula is C20H16BrNO3. The molecule has 2 aromatic carbocycles. The van der Waals surface area contributed by atoms with Gasteiger partial charge in [-0.1, -0.05) is 33.6 Å². The molecule has 0 saturated heterocycles. The first kappa shape index (κ1) is 17.3. The Hall–Kier alpha value is -2.53. The topological polar surface area (TPSA) is 66.7 Å². The van der Waals surface area contributed by atoms with E-state index in [9.17, 15) is 14.7 Å². The van der Waals surface area contributed by atoms with E-state index in [0.717, 1.165) is 10.0 Å². The predicted molar refractivity (Wildman–Crippen MR) is 101 cm³/mol. The van der Waals surface area contributed by atoms with E-state index in [1.54, 1.807) is 24.3 Å². The molecule has 5 heteroatoms. The highest BCUT2D eigenvalue weighted by Gasteiger charge is 2.31. The number of aliphatic hydroxyl groups is 1. The molecular weight excluding hydrogens is 382 g/mol. The second kappa shape index (κ2) is 7.15. The van der Waals surface area contributed by atoms with Crippen LogP contribution < -0.4 is 0 Å². The van der Waals surface area contributed by atoms with Crippen LogP contribution in [0.3, 0.4) is 0 Å². The molecule has 0 aromatic heterocycles. The van der Waals surface area contributed by atoms with E-state index in [-0.39, 0.29) is 17.8 Å². The van der Waals surface area contributed by atoms with Gasteiger partial charge in [0, 0.05) is 16.5 Å². The summed E-state index contributed by atoms with van der Waals surface area (Å²) in [7, 11) is 0. The third kappa shape index (κ3) is 3.77. The van der Waals surface area contributed by atoms with Crippen LogP contribution in [0, 0.1) is 6.92 Å². The van der Waals surface area contributed by atoms with Gasteiger partial charge in [-0.05, 0) is 49.7 Å². The Kier molecular flexibility index (Phi) is 4.95. The Balaban J connectivity index is 2.00. The number of carbonyl (C=O) groups is 2. The van der Waals surface area contributed by atoms with Gasteiger partial charge in [-0.3, -0.25) is 14.6 Å². The third-order valence-electron chi connectivity index (χ3n) is 4.01. The number of halogens is 1. The largest absolute Gasteiger partial charge is 0.504 e. The monoisotopic (exact) mass is 397 g/mol. The van der Waals surface area contributed by atoms with Gasteiger partial charge in [-0.2, -0.15) is 0 Å². The molecule has 0 bridgehead atoms. The Bertz CT molecular complexity index is 894. The normalized spacial score (nSPS) is 17.8. The number of benzene rings is 2. The van der Waals surface area contributed by atoms with Crippen LogP contribution in [0.4, 0.5) is 5.69 Å². The summed E-state index contributed by atoms with van der Waals surface area (Å²) < 4.78 is 0.828. The van der Waals surface area contributed by atoms with E-state index in [2.05, 4.69) is 20.9 Å². The molecule has 0 aliphatic heterocycles. The molecule has 25 heavy (non-hydrogen) atoms. The second-order valence-corrected chi connectivity index (χ2v) is 6.79. The van der Waals surface area contributed by atoms with Gasteiger partial charge in [0.1, 0.15) is 0 Å². The molecule has 2 aromatic rings. The van der Waals surface area contributed by atoms with Gasteiger partial charge in [0.05, 0.1) is 17.0 Å². The summed E-state index contributed by atoms with van der Waals surface area (Å²) in [5, 5.41) is 10.4. The molecule has 1 saturated carbocycles. The highest BCUT2D eigenvalue weighted by atomic mass is 79.9. The van der Waals surface area contributed by atoms with Gasteiger partial charge in [0.15, 0.2) is 11.5 Å². The fourth-order valence-corrected chi connectivity index (χ4v) is 2.91. The van der Waals surface area contributed by atoms with Gasteiger partial charge in [0.25, 0.3) is 0 Å². The van der Waals surface area contributed by atoms with Gasteiger partial charge < -0.3 is 5.11 Å². The highest BCUT2D eigenvalue weighted by Crippen LogP contribution is 2.26. The van der Waals surface area contributed by atoms with Crippen LogP contribution in [-0.4, -0.2) is 22.4 Å². The quantitative estimate of drug-likeness (QED) is 0.455. The average molecular weight is 398 g/mol. The molecule has 4 nitrogen and oxygen atoms in total. The zero-order valence-electron chi connectivity index (χ0n) is 13.6. The molecule has 0 atom stereocenters. The molecule has 0 unspecified atom stereocenters. The van der Waals surface area contributed by atoms with Crippen molar-refractivity contribution in [3.05, 3.63) is 75.5 Å². The van der Waals surface area contributed by atoms with Crippen molar-refractivity contribution in [3.8, 4) is 0 Å². The SMILES string of the molecule is Cc1ccc(N=C2CCC(=O)/C2=C(/O)C(=O)c2ccc(Br)cc2)cc1.